The van der Waals surface area contributed by atoms with Gasteiger partial charge in [0.05, 0.1) is 10.7 Å². The van der Waals surface area contributed by atoms with Gasteiger partial charge in [-0.05, 0) is 25.1 Å². The number of hydrogen-bond donors (Lipinski definition) is 3. The fraction of sp³-hybridized carbons (Fsp3) is 0.316. The highest BCUT2D eigenvalue weighted by Crippen LogP contribution is 2.39. The van der Waals surface area contributed by atoms with Gasteiger partial charge in [-0.25, -0.2) is 33.2 Å². The minimum Gasteiger partial charge on any atom is -0.485 e. The van der Waals surface area contributed by atoms with Crippen molar-refractivity contribution in [2.24, 2.45) is 0 Å². The Kier molecular flexibility index (Phi) is 9.21. The lowest BCUT2D eigenvalue weighted by Gasteiger charge is -2.20. The van der Waals surface area contributed by atoms with Crippen molar-refractivity contribution in [2.75, 3.05) is 19.7 Å². The predicted molar refractivity (Wildman–Crippen MR) is 112 cm³/mol. The molecule has 0 bridgehead atoms. The summed E-state index contributed by atoms with van der Waals surface area (Å²) in [5.41, 5.74) is 2.32. The molecular formula is C19H19Cl2F3N4O4. The number of hydrogen-bond acceptors (Lipinski definition) is 4. The Balaban J connectivity index is 2.14. The van der Waals surface area contributed by atoms with Crippen LogP contribution in [0.3, 0.4) is 0 Å². The zero-order valence-electron chi connectivity index (χ0n) is 16.7. The number of nitrogens with one attached hydrogen (secondary N) is 2. The number of urea groups is 1. The Morgan fingerprint density at radius 1 is 1.28 bits per heavy atom. The first-order valence-corrected chi connectivity index (χ1v) is 9.97. The molecule has 0 aliphatic rings. The number of halogens is 5. The highest BCUT2D eigenvalue weighted by molar-refractivity contribution is 6.36. The smallest absolute Gasteiger partial charge is 0.423 e. The van der Waals surface area contributed by atoms with E-state index in [1.165, 1.54) is 18.3 Å². The number of alkyl halides is 2. The summed E-state index contributed by atoms with van der Waals surface area (Å²) in [5.74, 6) is -0.799. The van der Waals surface area contributed by atoms with Gasteiger partial charge in [-0.1, -0.05) is 23.2 Å². The van der Waals surface area contributed by atoms with Gasteiger partial charge in [-0.15, -0.1) is 0 Å². The van der Waals surface area contributed by atoms with E-state index >= 15 is 0 Å². The van der Waals surface area contributed by atoms with Crippen LogP contribution in [0.5, 0.6) is 5.75 Å². The summed E-state index contributed by atoms with van der Waals surface area (Å²) in [6, 6.07) is 3.11. The van der Waals surface area contributed by atoms with E-state index < -0.39 is 31.0 Å². The van der Waals surface area contributed by atoms with E-state index in [4.69, 9.17) is 33.0 Å². The normalized spacial score (nSPS) is 10.7. The largest absolute Gasteiger partial charge is 0.485 e. The average Bonchev–Trinajstić information content (AvgIpc) is 2.71. The molecule has 3 amide bonds. The number of benzene rings is 1. The molecule has 3 N–H and O–H groups in total. The van der Waals surface area contributed by atoms with Crippen molar-refractivity contribution < 1.29 is 32.6 Å². The van der Waals surface area contributed by atoms with Crippen LogP contribution < -0.4 is 15.5 Å². The highest BCUT2D eigenvalue weighted by Gasteiger charge is 2.18. The Morgan fingerprint density at radius 3 is 2.59 bits per heavy atom. The molecule has 0 unspecified atom stereocenters. The summed E-state index contributed by atoms with van der Waals surface area (Å²) in [4.78, 5) is 26.6. The first-order valence-electron chi connectivity index (χ1n) is 9.22. The Hall–Kier alpha value is -2.92. The van der Waals surface area contributed by atoms with Crippen LogP contribution in [0.15, 0.2) is 24.4 Å². The van der Waals surface area contributed by atoms with E-state index in [9.17, 15) is 22.8 Å². The number of carboxylic acid groups (broad SMARTS) is 1. The van der Waals surface area contributed by atoms with Crippen LogP contribution in [0.1, 0.15) is 12.6 Å². The van der Waals surface area contributed by atoms with E-state index in [-0.39, 0.29) is 52.1 Å². The molecule has 2 aromatic rings. The van der Waals surface area contributed by atoms with E-state index in [1.54, 1.807) is 6.92 Å². The molecule has 0 aliphatic heterocycles. The number of pyridine rings is 1. The fourth-order valence-corrected chi connectivity index (χ4v) is 3.19. The maximum atomic E-state index is 14.6. The van der Waals surface area contributed by atoms with Crippen LogP contribution >= 0.6 is 23.2 Å². The number of aromatic nitrogens is 1. The molecule has 0 atom stereocenters. The fourth-order valence-electron chi connectivity index (χ4n) is 2.64. The standard InChI is InChI=1S/C19H19Cl2F3N4O4/c1-2-28(27-19(30)31)18(29)25-4-3-15-14(22)5-10(8-26-15)12-6-11(20)7-13(21)17(12)32-9-16(23)24/h5-8,16,27H,2-4,9H2,1H3,(H,25,29)(H,30,31). The number of rotatable bonds is 8. The van der Waals surface area contributed by atoms with Crippen LogP contribution in [0.25, 0.3) is 11.1 Å². The van der Waals surface area contributed by atoms with Crippen molar-refractivity contribution >= 4 is 35.3 Å². The van der Waals surface area contributed by atoms with Gasteiger partial charge >= 0.3 is 12.1 Å². The molecule has 0 spiro atoms. The number of hydrazine groups is 1. The molecule has 174 valence electrons. The number of ether oxygens (including phenoxy) is 1. The molecule has 1 aromatic carbocycles. The molecular weight excluding hydrogens is 476 g/mol. The van der Waals surface area contributed by atoms with E-state index in [2.05, 4.69) is 10.3 Å². The molecule has 13 heteroatoms. The maximum absolute atomic E-state index is 14.6. The zero-order valence-corrected chi connectivity index (χ0v) is 18.2. The van der Waals surface area contributed by atoms with Crippen LogP contribution in [-0.4, -0.2) is 53.3 Å². The van der Waals surface area contributed by atoms with E-state index in [1.807, 2.05) is 5.43 Å². The molecule has 1 aromatic heterocycles. The van der Waals surface area contributed by atoms with E-state index in [0.29, 0.717) is 0 Å². The Labute approximate surface area is 191 Å². The minimum atomic E-state index is -2.74. The Morgan fingerprint density at radius 2 is 2.00 bits per heavy atom. The van der Waals surface area contributed by atoms with Crippen molar-refractivity contribution in [3.05, 3.63) is 46.0 Å². The van der Waals surface area contributed by atoms with Crippen LogP contribution in [0, 0.1) is 5.82 Å². The molecule has 0 aliphatic carbocycles. The molecule has 0 saturated carbocycles. The van der Waals surface area contributed by atoms with Crippen LogP contribution in [0.2, 0.25) is 10.0 Å². The topological polar surface area (TPSA) is 104 Å². The molecule has 0 saturated heterocycles. The quantitative estimate of drug-likeness (QED) is 0.465. The van der Waals surface area contributed by atoms with Crippen LogP contribution in [-0.2, 0) is 6.42 Å². The third-order valence-corrected chi connectivity index (χ3v) is 4.52. The predicted octanol–water partition coefficient (Wildman–Crippen LogP) is 4.60. The van der Waals surface area contributed by atoms with Gasteiger partial charge in [0.15, 0.2) is 0 Å². The van der Waals surface area contributed by atoms with Gasteiger partial charge < -0.3 is 15.2 Å². The summed E-state index contributed by atoms with van der Waals surface area (Å²) in [6.45, 7) is 0.716. The SMILES string of the molecule is CCN(NC(=O)O)C(=O)NCCc1ncc(-c2cc(Cl)cc(Cl)c2OCC(F)F)cc1F. The van der Waals surface area contributed by atoms with Crippen molar-refractivity contribution in [1.29, 1.82) is 0 Å². The molecule has 0 radical (unpaired) electrons. The second-order valence-corrected chi connectivity index (χ2v) is 7.11. The lowest BCUT2D eigenvalue weighted by atomic mass is 10.1. The van der Waals surface area contributed by atoms with Gasteiger partial charge in [0.1, 0.15) is 18.2 Å². The molecule has 0 fully saturated rings. The van der Waals surface area contributed by atoms with Gasteiger partial charge in [0.2, 0.25) is 0 Å². The third-order valence-electron chi connectivity index (χ3n) is 4.02. The second-order valence-electron chi connectivity index (χ2n) is 6.26. The van der Waals surface area contributed by atoms with Gasteiger partial charge in [0, 0.05) is 41.9 Å². The summed E-state index contributed by atoms with van der Waals surface area (Å²) in [5, 5.41) is 12.1. The second kappa shape index (κ2) is 11.6. The zero-order chi connectivity index (χ0) is 23.8. The molecule has 1 heterocycles. The first kappa shape index (κ1) is 25.3. The number of carbonyl (C=O) groups excluding carboxylic acids is 1. The summed E-state index contributed by atoms with van der Waals surface area (Å²) in [6.07, 6.45) is -2.84. The van der Waals surface area contributed by atoms with Gasteiger partial charge in [0.25, 0.3) is 6.43 Å². The van der Waals surface area contributed by atoms with Crippen molar-refractivity contribution in [2.45, 2.75) is 19.8 Å². The maximum Gasteiger partial charge on any atom is 0.423 e. The van der Waals surface area contributed by atoms with Crippen LogP contribution in [0.4, 0.5) is 22.8 Å². The lowest BCUT2D eigenvalue weighted by Crippen LogP contribution is -2.50. The molecule has 32 heavy (non-hydrogen) atoms. The summed E-state index contributed by atoms with van der Waals surface area (Å²) < 4.78 is 44.8. The Bertz CT molecular complexity index is 982. The number of carbonyl (C=O) groups is 2. The highest BCUT2D eigenvalue weighted by atomic mass is 35.5. The first-order chi connectivity index (χ1) is 15.1. The summed E-state index contributed by atoms with van der Waals surface area (Å²) >= 11 is 12.0. The van der Waals surface area contributed by atoms with Crippen molar-refractivity contribution in [1.82, 2.24) is 20.7 Å². The lowest BCUT2D eigenvalue weighted by molar-refractivity contribution is 0.0822. The number of nitrogens with zero attached hydrogens (tertiary/aromatic N) is 2. The molecule has 8 nitrogen and oxygen atoms in total. The van der Waals surface area contributed by atoms with Crippen molar-refractivity contribution in [3.63, 3.8) is 0 Å². The molecule has 2 rings (SSSR count). The minimum absolute atomic E-state index is 0.00746. The number of amides is 3. The average molecular weight is 495 g/mol. The van der Waals surface area contributed by atoms with Crippen molar-refractivity contribution in [3.8, 4) is 16.9 Å². The van der Waals surface area contributed by atoms with E-state index in [0.717, 1.165) is 11.1 Å². The summed E-state index contributed by atoms with van der Waals surface area (Å²) in [7, 11) is 0. The third kappa shape index (κ3) is 7.06. The monoisotopic (exact) mass is 494 g/mol. The van der Waals surface area contributed by atoms with Gasteiger partial charge in [-0.3, -0.25) is 4.98 Å². The van der Waals surface area contributed by atoms with Gasteiger partial charge in [-0.2, -0.15) is 0 Å².